The molecule has 2 aromatic rings. The Balaban J connectivity index is 1.16. The van der Waals surface area contributed by atoms with Crippen molar-refractivity contribution in [2.24, 2.45) is 40.4 Å². The predicted molar refractivity (Wildman–Crippen MR) is 172 cm³/mol. The fraction of sp³-hybridized carbons (Fsp3) is 0.605. The molecule has 4 heteroatoms. The van der Waals surface area contributed by atoms with Crippen molar-refractivity contribution in [1.29, 1.82) is 0 Å². The van der Waals surface area contributed by atoms with Crippen LogP contribution in [0.5, 0.6) is 0 Å². The zero-order chi connectivity index (χ0) is 29.5. The number of rotatable bonds is 6. The van der Waals surface area contributed by atoms with E-state index in [1.54, 1.807) is 0 Å². The van der Waals surface area contributed by atoms with E-state index in [1.807, 2.05) is 6.08 Å². The van der Waals surface area contributed by atoms with Crippen LogP contribution in [-0.4, -0.2) is 32.9 Å². The lowest BCUT2D eigenvalue weighted by Crippen LogP contribution is -2.67. The third kappa shape index (κ3) is 4.14. The normalized spacial score (nSPS) is 38.0. The third-order valence-electron chi connectivity index (χ3n) is 13.0. The Morgan fingerprint density at radius 2 is 1.57 bits per heavy atom. The minimum absolute atomic E-state index is 0.00191. The molecule has 9 atom stereocenters. The number of fused-ring (bicyclic) bond motifs is 8. The molecule has 0 amide bonds. The van der Waals surface area contributed by atoms with Gasteiger partial charge < -0.3 is 9.16 Å². The Hall–Kier alpha value is -2.01. The predicted octanol–water partition coefficient (Wildman–Crippen LogP) is 7.33. The van der Waals surface area contributed by atoms with E-state index in [1.165, 1.54) is 41.6 Å². The van der Waals surface area contributed by atoms with Crippen molar-refractivity contribution >= 4 is 24.5 Å². The largest absolute Gasteiger partial charge is 0.407 e. The highest BCUT2D eigenvalue weighted by Gasteiger charge is 2.69. The maximum atomic E-state index is 12.4. The molecule has 1 saturated heterocycles. The van der Waals surface area contributed by atoms with E-state index in [4.69, 9.17) is 9.16 Å². The summed E-state index contributed by atoms with van der Waals surface area (Å²) in [5.74, 6) is 3.47. The first-order chi connectivity index (χ1) is 20.0. The molecule has 0 aromatic heterocycles. The van der Waals surface area contributed by atoms with Crippen molar-refractivity contribution in [2.45, 2.75) is 97.3 Å². The number of carbonyl (C=O) groups excluding carboxylic acids is 1. The van der Waals surface area contributed by atoms with Crippen molar-refractivity contribution in [3.63, 3.8) is 0 Å². The number of carbonyl (C=O) groups is 1. The maximum Gasteiger partial charge on any atom is 0.261 e. The maximum absolute atomic E-state index is 12.4. The van der Waals surface area contributed by atoms with Gasteiger partial charge in [-0.3, -0.25) is 4.79 Å². The van der Waals surface area contributed by atoms with Gasteiger partial charge in [-0.1, -0.05) is 102 Å². The molecular weight excluding hydrogens is 533 g/mol. The lowest BCUT2D eigenvalue weighted by molar-refractivity contribution is -0.117. The van der Waals surface area contributed by atoms with Crippen LogP contribution in [-0.2, 0) is 14.0 Å². The van der Waals surface area contributed by atoms with Gasteiger partial charge in [0.05, 0.1) is 6.10 Å². The standard InChI is InChI=1S/C38H50O3Si/c1-25(24-40-42(36(2,3)4,27-13-9-7-10-14-27)28-15-11-8-12-16-28)29-17-18-30-33-31(20-22-37(29,30)5)38(6)21-19-26(39)23-32(38)34-35(33)41-34/h7-16,23,25,29-31,33-35H,17-22,24H2,1-6H3/t25-,29-,30?,31?,33?,34+,35-,37-,38-/m1/s1. The van der Waals surface area contributed by atoms with Gasteiger partial charge in [-0.05, 0) is 99.6 Å². The molecule has 5 aliphatic rings. The Kier molecular flexibility index (Phi) is 6.85. The van der Waals surface area contributed by atoms with Crippen molar-refractivity contribution in [3.8, 4) is 0 Å². The van der Waals surface area contributed by atoms with E-state index in [2.05, 4.69) is 102 Å². The van der Waals surface area contributed by atoms with Crippen LogP contribution >= 0.6 is 0 Å². The van der Waals surface area contributed by atoms with E-state index in [0.29, 0.717) is 53.3 Å². The highest BCUT2D eigenvalue weighted by Crippen LogP contribution is 2.70. The van der Waals surface area contributed by atoms with E-state index < -0.39 is 8.32 Å². The first kappa shape index (κ1) is 28.7. The van der Waals surface area contributed by atoms with Crippen molar-refractivity contribution in [3.05, 3.63) is 72.3 Å². The first-order valence-corrected chi connectivity index (χ1v) is 18.6. The molecule has 4 fully saturated rings. The Labute approximate surface area is 254 Å². The number of epoxide rings is 1. The van der Waals surface area contributed by atoms with E-state index >= 15 is 0 Å². The molecule has 224 valence electrons. The molecule has 1 aliphatic heterocycles. The molecule has 4 aliphatic carbocycles. The van der Waals surface area contributed by atoms with Gasteiger partial charge in [0.25, 0.3) is 8.32 Å². The van der Waals surface area contributed by atoms with Gasteiger partial charge in [0.2, 0.25) is 0 Å². The quantitative estimate of drug-likeness (QED) is 0.264. The Morgan fingerprint density at radius 3 is 2.19 bits per heavy atom. The molecule has 2 aromatic carbocycles. The van der Waals surface area contributed by atoms with Crippen molar-refractivity contribution in [1.82, 2.24) is 0 Å². The summed E-state index contributed by atoms with van der Waals surface area (Å²) < 4.78 is 13.9. The molecule has 1 heterocycles. The first-order valence-electron chi connectivity index (χ1n) is 16.7. The molecule has 7 rings (SSSR count). The SMILES string of the molecule is C[C@H](CO[Si](c1ccccc1)(c1ccccc1)C(C)(C)C)[C@H]1CCC2C3C(CC[C@@]21C)[C@@]1(C)CCC(=O)C=C1[C@@H]1O[C@H]31. The van der Waals surface area contributed by atoms with Gasteiger partial charge in [0.1, 0.15) is 6.10 Å². The van der Waals surface area contributed by atoms with Crippen LogP contribution < -0.4 is 10.4 Å². The Bertz CT molecular complexity index is 1320. The van der Waals surface area contributed by atoms with Gasteiger partial charge in [0.15, 0.2) is 5.78 Å². The van der Waals surface area contributed by atoms with Crippen molar-refractivity contribution in [2.75, 3.05) is 6.61 Å². The topological polar surface area (TPSA) is 38.8 Å². The average molecular weight is 583 g/mol. The molecule has 3 saturated carbocycles. The zero-order valence-electron chi connectivity index (χ0n) is 26.6. The summed E-state index contributed by atoms with van der Waals surface area (Å²) in [6.07, 6.45) is 9.43. The molecule has 0 bridgehead atoms. The molecule has 0 radical (unpaired) electrons. The fourth-order valence-electron chi connectivity index (χ4n) is 10.9. The molecule has 0 N–H and O–H groups in total. The summed E-state index contributed by atoms with van der Waals surface area (Å²) >= 11 is 0. The lowest BCUT2D eigenvalue weighted by atomic mass is 9.46. The third-order valence-corrected chi connectivity index (χ3v) is 18.0. The summed E-state index contributed by atoms with van der Waals surface area (Å²) in [6.45, 7) is 15.5. The summed E-state index contributed by atoms with van der Waals surface area (Å²) in [5.41, 5.74) is 1.82. The highest BCUT2D eigenvalue weighted by molar-refractivity contribution is 6.99. The van der Waals surface area contributed by atoms with Crippen LogP contribution in [0.3, 0.4) is 0 Å². The number of hydrogen-bond donors (Lipinski definition) is 0. The monoisotopic (exact) mass is 582 g/mol. The number of benzene rings is 2. The fourth-order valence-corrected chi connectivity index (χ4v) is 15.6. The molecular formula is C38H50O3Si. The van der Waals surface area contributed by atoms with Gasteiger partial charge >= 0.3 is 0 Å². The Morgan fingerprint density at radius 1 is 0.929 bits per heavy atom. The van der Waals surface area contributed by atoms with Crippen LogP contribution in [0.15, 0.2) is 72.3 Å². The zero-order valence-corrected chi connectivity index (χ0v) is 27.6. The second-order valence-electron chi connectivity index (χ2n) is 16.0. The molecule has 42 heavy (non-hydrogen) atoms. The van der Waals surface area contributed by atoms with E-state index in [9.17, 15) is 4.79 Å². The van der Waals surface area contributed by atoms with Crippen LogP contribution in [0.1, 0.15) is 80.1 Å². The number of ether oxygens (including phenoxy) is 1. The molecule has 3 unspecified atom stereocenters. The highest BCUT2D eigenvalue weighted by atomic mass is 28.4. The molecule has 0 spiro atoms. The summed E-state index contributed by atoms with van der Waals surface area (Å²) in [6, 6.07) is 22.2. The van der Waals surface area contributed by atoms with E-state index in [-0.39, 0.29) is 16.6 Å². The molecule has 3 nitrogen and oxygen atoms in total. The van der Waals surface area contributed by atoms with Crippen LogP contribution in [0.2, 0.25) is 5.04 Å². The van der Waals surface area contributed by atoms with Crippen molar-refractivity contribution < 1.29 is 14.0 Å². The van der Waals surface area contributed by atoms with Gasteiger partial charge in [0, 0.05) is 13.0 Å². The minimum atomic E-state index is -2.55. The number of ketones is 1. The average Bonchev–Trinajstić information content (AvgIpc) is 3.68. The summed E-state index contributed by atoms with van der Waals surface area (Å²) in [7, 11) is -2.55. The second kappa shape index (κ2) is 10.0. The second-order valence-corrected chi connectivity index (χ2v) is 20.3. The minimum Gasteiger partial charge on any atom is -0.407 e. The number of hydrogen-bond acceptors (Lipinski definition) is 3. The summed E-state index contributed by atoms with van der Waals surface area (Å²) in [5, 5.41) is 2.74. The van der Waals surface area contributed by atoms with E-state index in [0.717, 1.165) is 13.0 Å². The van der Waals surface area contributed by atoms with Gasteiger partial charge in [-0.2, -0.15) is 0 Å². The van der Waals surface area contributed by atoms with Crippen LogP contribution in [0.25, 0.3) is 0 Å². The van der Waals surface area contributed by atoms with Gasteiger partial charge in [-0.25, -0.2) is 0 Å². The smallest absolute Gasteiger partial charge is 0.261 e. The lowest BCUT2D eigenvalue weighted by Gasteiger charge is -2.57. The summed E-state index contributed by atoms with van der Waals surface area (Å²) in [4.78, 5) is 12.4. The van der Waals surface area contributed by atoms with Crippen LogP contribution in [0, 0.1) is 40.4 Å². The van der Waals surface area contributed by atoms with Gasteiger partial charge in [-0.15, -0.1) is 0 Å². The van der Waals surface area contributed by atoms with Crippen LogP contribution in [0.4, 0.5) is 0 Å².